The molecule has 2 N–H and O–H groups in total. The topological polar surface area (TPSA) is 64.9 Å². The Labute approximate surface area is 150 Å². The van der Waals surface area contributed by atoms with Crippen molar-refractivity contribution in [2.24, 2.45) is 0 Å². The summed E-state index contributed by atoms with van der Waals surface area (Å²) in [5, 5.41) is 15.5. The van der Waals surface area contributed by atoms with Crippen LogP contribution in [-0.2, 0) is 4.79 Å². The summed E-state index contributed by atoms with van der Waals surface area (Å²) in [7, 11) is 0. The van der Waals surface area contributed by atoms with Gasteiger partial charge in [0.25, 0.3) is 5.91 Å². The third-order valence-electron chi connectivity index (χ3n) is 3.31. The van der Waals surface area contributed by atoms with E-state index in [0.717, 1.165) is 16.8 Å². The Kier molecular flexibility index (Phi) is 5.86. The fourth-order valence-electron chi connectivity index (χ4n) is 1.96. The van der Waals surface area contributed by atoms with Crippen molar-refractivity contribution in [3.8, 4) is 6.07 Å². The second-order valence-corrected chi connectivity index (χ2v) is 6.03. The predicted molar refractivity (Wildman–Crippen MR) is 98.3 cm³/mol. The molecule has 1 amide bonds. The summed E-state index contributed by atoms with van der Waals surface area (Å²) in [6.45, 7) is 3.91. The van der Waals surface area contributed by atoms with Gasteiger partial charge in [-0.15, -0.1) is 0 Å². The minimum atomic E-state index is -0.534. The van der Waals surface area contributed by atoms with Crippen LogP contribution in [0.2, 0.25) is 10.0 Å². The average molecular weight is 360 g/mol. The summed E-state index contributed by atoms with van der Waals surface area (Å²) in [6, 6.07) is 12.5. The first-order chi connectivity index (χ1) is 11.4. The van der Waals surface area contributed by atoms with E-state index in [1.54, 1.807) is 12.1 Å². The molecular weight excluding hydrogens is 345 g/mol. The van der Waals surface area contributed by atoms with Crippen molar-refractivity contribution < 1.29 is 4.79 Å². The van der Waals surface area contributed by atoms with Crippen LogP contribution >= 0.6 is 23.2 Å². The van der Waals surface area contributed by atoms with Crippen LogP contribution in [0.4, 0.5) is 11.4 Å². The van der Waals surface area contributed by atoms with Crippen molar-refractivity contribution >= 4 is 40.5 Å². The van der Waals surface area contributed by atoms with Gasteiger partial charge in [-0.25, -0.2) is 0 Å². The van der Waals surface area contributed by atoms with Gasteiger partial charge >= 0.3 is 0 Å². The van der Waals surface area contributed by atoms with Crippen molar-refractivity contribution in [1.29, 1.82) is 5.26 Å². The Bertz CT molecular complexity index is 854. The zero-order valence-electron chi connectivity index (χ0n) is 13.2. The SMILES string of the molecule is Cc1ccc(C)c(N/C=C(/C#N)C(=O)Nc2ccc(Cl)c(Cl)c2)c1. The normalized spacial score (nSPS) is 10.9. The maximum atomic E-state index is 12.2. The molecule has 24 heavy (non-hydrogen) atoms. The van der Waals surface area contributed by atoms with Crippen molar-refractivity contribution in [3.05, 3.63) is 69.3 Å². The summed E-state index contributed by atoms with van der Waals surface area (Å²) in [5.74, 6) is -0.534. The highest BCUT2D eigenvalue weighted by Crippen LogP contribution is 2.25. The van der Waals surface area contributed by atoms with E-state index >= 15 is 0 Å². The number of carbonyl (C=O) groups is 1. The van der Waals surface area contributed by atoms with Gasteiger partial charge in [-0.1, -0.05) is 35.3 Å². The number of nitrogens with zero attached hydrogens (tertiary/aromatic N) is 1. The molecule has 2 rings (SSSR count). The van der Waals surface area contributed by atoms with Crippen LogP contribution < -0.4 is 10.6 Å². The third kappa shape index (κ3) is 4.51. The lowest BCUT2D eigenvalue weighted by molar-refractivity contribution is -0.112. The summed E-state index contributed by atoms with van der Waals surface area (Å²) in [5.41, 5.74) is 3.34. The molecule has 0 atom stereocenters. The lowest BCUT2D eigenvalue weighted by atomic mass is 10.1. The molecular formula is C18H15Cl2N3O. The quantitative estimate of drug-likeness (QED) is 0.591. The molecule has 2 aromatic carbocycles. The highest BCUT2D eigenvalue weighted by atomic mass is 35.5. The van der Waals surface area contributed by atoms with E-state index in [4.69, 9.17) is 23.2 Å². The Balaban J connectivity index is 2.15. The van der Waals surface area contributed by atoms with E-state index < -0.39 is 5.91 Å². The standard InChI is InChI=1S/C18H15Cl2N3O/c1-11-3-4-12(2)17(7-11)22-10-13(9-21)18(24)23-14-5-6-15(19)16(20)8-14/h3-8,10,22H,1-2H3,(H,23,24)/b13-10-. The van der Waals surface area contributed by atoms with Gasteiger partial charge in [-0.2, -0.15) is 5.26 Å². The number of anilines is 2. The molecule has 0 aliphatic rings. The number of hydrogen-bond acceptors (Lipinski definition) is 3. The predicted octanol–water partition coefficient (Wildman–Crippen LogP) is 5.07. The third-order valence-corrected chi connectivity index (χ3v) is 4.05. The van der Waals surface area contributed by atoms with E-state index in [9.17, 15) is 10.1 Å². The van der Waals surface area contributed by atoms with Crippen molar-refractivity contribution in [2.75, 3.05) is 10.6 Å². The van der Waals surface area contributed by atoms with Crippen LogP contribution in [0, 0.1) is 25.2 Å². The van der Waals surface area contributed by atoms with Gasteiger partial charge in [0.15, 0.2) is 0 Å². The molecule has 0 bridgehead atoms. The molecule has 6 heteroatoms. The Morgan fingerprint density at radius 1 is 1.12 bits per heavy atom. The van der Waals surface area contributed by atoms with Crippen LogP contribution in [0.3, 0.4) is 0 Å². The van der Waals surface area contributed by atoms with Crippen LogP contribution in [0.5, 0.6) is 0 Å². The van der Waals surface area contributed by atoms with E-state index in [-0.39, 0.29) is 5.57 Å². The number of amides is 1. The minimum Gasteiger partial charge on any atom is -0.360 e. The molecule has 0 fully saturated rings. The van der Waals surface area contributed by atoms with Crippen LogP contribution in [0.1, 0.15) is 11.1 Å². The maximum absolute atomic E-state index is 12.2. The highest BCUT2D eigenvalue weighted by molar-refractivity contribution is 6.42. The Morgan fingerprint density at radius 2 is 1.88 bits per heavy atom. The number of nitrogens with one attached hydrogen (secondary N) is 2. The Hall–Kier alpha value is -2.48. The largest absolute Gasteiger partial charge is 0.360 e. The van der Waals surface area contributed by atoms with Crippen molar-refractivity contribution in [2.45, 2.75) is 13.8 Å². The summed E-state index contributed by atoms with van der Waals surface area (Å²) < 4.78 is 0. The first-order valence-corrected chi connectivity index (χ1v) is 7.87. The van der Waals surface area contributed by atoms with Gasteiger partial charge in [-0.05, 0) is 49.2 Å². The number of nitriles is 1. The number of aryl methyl sites for hydroxylation is 2. The second-order valence-electron chi connectivity index (χ2n) is 5.22. The number of benzene rings is 2. The van der Waals surface area contributed by atoms with Gasteiger partial charge in [0.05, 0.1) is 10.0 Å². The van der Waals surface area contributed by atoms with E-state index in [2.05, 4.69) is 10.6 Å². The molecule has 0 aliphatic heterocycles. The molecule has 4 nitrogen and oxygen atoms in total. The van der Waals surface area contributed by atoms with Gasteiger partial charge in [0.2, 0.25) is 0 Å². The highest BCUT2D eigenvalue weighted by Gasteiger charge is 2.10. The van der Waals surface area contributed by atoms with Gasteiger partial charge in [-0.3, -0.25) is 4.79 Å². The van der Waals surface area contributed by atoms with Crippen molar-refractivity contribution in [1.82, 2.24) is 0 Å². The molecule has 0 radical (unpaired) electrons. The first-order valence-electron chi connectivity index (χ1n) is 7.11. The number of carbonyl (C=O) groups excluding carboxylic acids is 1. The summed E-state index contributed by atoms with van der Waals surface area (Å²) in [4.78, 5) is 12.2. The number of halogens is 2. The van der Waals surface area contributed by atoms with Gasteiger partial charge < -0.3 is 10.6 Å². The fraction of sp³-hybridized carbons (Fsp3) is 0.111. The molecule has 0 saturated heterocycles. The maximum Gasteiger partial charge on any atom is 0.267 e. The molecule has 122 valence electrons. The van der Waals surface area contributed by atoms with Gasteiger partial charge in [0.1, 0.15) is 11.6 Å². The first kappa shape index (κ1) is 17.9. The van der Waals surface area contributed by atoms with E-state index in [0.29, 0.717) is 15.7 Å². The van der Waals surface area contributed by atoms with Crippen LogP contribution in [-0.4, -0.2) is 5.91 Å². The molecule has 0 saturated carbocycles. The lowest BCUT2D eigenvalue weighted by Gasteiger charge is -2.08. The van der Waals surface area contributed by atoms with Gasteiger partial charge in [0, 0.05) is 17.6 Å². The smallest absolute Gasteiger partial charge is 0.267 e. The zero-order valence-corrected chi connectivity index (χ0v) is 14.7. The van der Waals surface area contributed by atoms with Crippen LogP contribution in [0.15, 0.2) is 48.2 Å². The summed E-state index contributed by atoms with van der Waals surface area (Å²) >= 11 is 11.7. The molecule has 0 spiro atoms. The van der Waals surface area contributed by atoms with E-state index in [1.165, 1.54) is 12.3 Å². The monoisotopic (exact) mass is 359 g/mol. The van der Waals surface area contributed by atoms with E-state index in [1.807, 2.05) is 38.1 Å². The molecule has 0 aromatic heterocycles. The zero-order chi connectivity index (χ0) is 17.7. The Morgan fingerprint density at radius 3 is 2.54 bits per heavy atom. The average Bonchev–Trinajstić information content (AvgIpc) is 2.54. The van der Waals surface area contributed by atoms with Crippen molar-refractivity contribution in [3.63, 3.8) is 0 Å². The number of hydrogen-bond donors (Lipinski definition) is 2. The molecule has 2 aromatic rings. The minimum absolute atomic E-state index is 0.0537. The molecule has 0 aliphatic carbocycles. The lowest BCUT2D eigenvalue weighted by Crippen LogP contribution is -2.14. The summed E-state index contributed by atoms with van der Waals surface area (Å²) in [6.07, 6.45) is 1.38. The molecule has 0 unspecified atom stereocenters. The fourth-order valence-corrected chi connectivity index (χ4v) is 2.26. The molecule has 0 heterocycles. The number of rotatable bonds is 4. The van der Waals surface area contributed by atoms with Crippen LogP contribution in [0.25, 0.3) is 0 Å². The second kappa shape index (κ2) is 7.87.